The van der Waals surface area contributed by atoms with Gasteiger partial charge in [0.05, 0.1) is 22.8 Å². The molecule has 1 unspecified atom stereocenters. The van der Waals surface area contributed by atoms with Crippen molar-refractivity contribution in [1.29, 1.82) is 0 Å². The molecule has 0 aliphatic heterocycles. The van der Waals surface area contributed by atoms with Crippen LogP contribution in [0.2, 0.25) is 0 Å². The van der Waals surface area contributed by atoms with E-state index in [2.05, 4.69) is 33.1 Å². The zero-order valence-electron chi connectivity index (χ0n) is 20.7. The second-order valence-corrected chi connectivity index (χ2v) is 9.61. The molecule has 0 saturated heterocycles. The third kappa shape index (κ3) is 4.01. The standard InChI is InChI=1S/C30H27FN4O2/c1-17(36)16-32-25-15-20(11-12-21(25)18(2)37)35-27-8-4-3-6-22(27)29-23(7-5-9-28(29)35)30-33-24-13-10-19(31)14-26(24)34-30/h3-9,11-12,14-15,17,32,36H,10,13,16H2,1-2H3,(H,33,34). The Balaban J connectivity index is 1.58. The van der Waals surface area contributed by atoms with Crippen molar-refractivity contribution in [2.75, 3.05) is 11.9 Å². The largest absolute Gasteiger partial charge is 0.392 e. The quantitative estimate of drug-likeness (QED) is 0.238. The van der Waals surface area contributed by atoms with E-state index in [4.69, 9.17) is 4.98 Å². The summed E-state index contributed by atoms with van der Waals surface area (Å²) in [4.78, 5) is 20.5. The lowest BCUT2D eigenvalue weighted by Crippen LogP contribution is -2.17. The van der Waals surface area contributed by atoms with Gasteiger partial charge in [-0.3, -0.25) is 4.79 Å². The van der Waals surface area contributed by atoms with Crippen LogP contribution in [0, 0.1) is 0 Å². The first kappa shape index (κ1) is 23.2. The zero-order valence-corrected chi connectivity index (χ0v) is 20.7. The minimum atomic E-state index is -0.554. The van der Waals surface area contributed by atoms with Gasteiger partial charge < -0.3 is 20.0 Å². The molecule has 6 rings (SSSR count). The number of halogens is 1. The number of para-hydroxylation sites is 1. The van der Waals surface area contributed by atoms with E-state index in [0.29, 0.717) is 36.3 Å². The van der Waals surface area contributed by atoms with Gasteiger partial charge in [0, 0.05) is 51.9 Å². The van der Waals surface area contributed by atoms with Gasteiger partial charge in [0.1, 0.15) is 11.7 Å². The van der Waals surface area contributed by atoms with Crippen molar-refractivity contribution in [2.45, 2.75) is 32.8 Å². The predicted molar refractivity (Wildman–Crippen MR) is 146 cm³/mol. The van der Waals surface area contributed by atoms with Crippen molar-refractivity contribution in [3.63, 3.8) is 0 Å². The Morgan fingerprint density at radius 2 is 1.95 bits per heavy atom. The first-order valence-electron chi connectivity index (χ1n) is 12.5. The number of hydrogen-bond donors (Lipinski definition) is 3. The third-order valence-corrected chi connectivity index (χ3v) is 6.90. The molecule has 1 aliphatic carbocycles. The van der Waals surface area contributed by atoms with Crippen molar-refractivity contribution in [2.24, 2.45) is 0 Å². The number of allylic oxidation sites excluding steroid dienone is 1. The van der Waals surface area contributed by atoms with E-state index in [1.807, 2.05) is 42.5 Å². The number of carbonyl (C=O) groups is 1. The maximum Gasteiger partial charge on any atom is 0.161 e. The molecule has 0 amide bonds. The number of fused-ring (bicyclic) bond motifs is 4. The molecule has 0 spiro atoms. The molecule has 0 bridgehead atoms. The van der Waals surface area contributed by atoms with Crippen LogP contribution < -0.4 is 5.32 Å². The fraction of sp³-hybridized carbons (Fsp3) is 0.200. The molecule has 0 fully saturated rings. The average molecular weight is 495 g/mol. The normalized spacial score (nSPS) is 14.0. The van der Waals surface area contributed by atoms with Gasteiger partial charge in [-0.05, 0) is 56.7 Å². The number of nitrogens with zero attached hydrogens (tertiary/aromatic N) is 2. The van der Waals surface area contributed by atoms with Crippen LogP contribution in [0.25, 0.3) is 45.0 Å². The highest BCUT2D eigenvalue weighted by atomic mass is 19.1. The highest BCUT2D eigenvalue weighted by Crippen LogP contribution is 2.39. The fourth-order valence-corrected chi connectivity index (χ4v) is 5.20. The minimum Gasteiger partial charge on any atom is -0.392 e. The molecule has 1 atom stereocenters. The molecule has 37 heavy (non-hydrogen) atoms. The van der Waals surface area contributed by atoms with Crippen LogP contribution in [0.5, 0.6) is 0 Å². The number of rotatable bonds is 6. The van der Waals surface area contributed by atoms with E-state index >= 15 is 0 Å². The number of benzene rings is 3. The Morgan fingerprint density at radius 3 is 2.76 bits per heavy atom. The molecule has 2 aromatic heterocycles. The van der Waals surface area contributed by atoms with Crippen molar-refractivity contribution >= 4 is 39.4 Å². The number of aryl methyl sites for hydroxylation is 1. The molecular formula is C30H27FN4O2. The topological polar surface area (TPSA) is 82.9 Å². The summed E-state index contributed by atoms with van der Waals surface area (Å²) in [6.07, 6.45) is 1.95. The van der Waals surface area contributed by atoms with Crippen LogP contribution in [-0.4, -0.2) is 38.1 Å². The molecule has 6 nitrogen and oxygen atoms in total. The summed E-state index contributed by atoms with van der Waals surface area (Å²) in [5.74, 6) is 0.529. The van der Waals surface area contributed by atoms with E-state index in [0.717, 1.165) is 44.6 Å². The molecule has 2 heterocycles. The molecule has 3 N–H and O–H groups in total. The lowest BCUT2D eigenvalue weighted by atomic mass is 10.1. The van der Waals surface area contributed by atoms with E-state index < -0.39 is 6.10 Å². The van der Waals surface area contributed by atoms with Crippen molar-refractivity contribution < 1.29 is 14.3 Å². The summed E-state index contributed by atoms with van der Waals surface area (Å²) in [5, 5.41) is 15.1. The Kier molecular flexibility index (Phi) is 5.65. The van der Waals surface area contributed by atoms with Crippen molar-refractivity contribution in [1.82, 2.24) is 14.5 Å². The van der Waals surface area contributed by atoms with Crippen molar-refractivity contribution in [3.8, 4) is 17.1 Å². The molecule has 5 aromatic rings. The van der Waals surface area contributed by atoms with Gasteiger partial charge in [0.25, 0.3) is 0 Å². The van der Waals surface area contributed by atoms with Gasteiger partial charge in [0.2, 0.25) is 0 Å². The summed E-state index contributed by atoms with van der Waals surface area (Å²) >= 11 is 0. The molecule has 7 heteroatoms. The Bertz CT molecular complexity index is 1710. The fourth-order valence-electron chi connectivity index (χ4n) is 5.20. The first-order chi connectivity index (χ1) is 17.9. The second-order valence-electron chi connectivity index (χ2n) is 9.61. The highest BCUT2D eigenvalue weighted by Gasteiger charge is 2.21. The Morgan fingerprint density at radius 1 is 1.14 bits per heavy atom. The molecular weight excluding hydrogens is 467 g/mol. The Labute approximate surface area is 213 Å². The predicted octanol–water partition coefficient (Wildman–Crippen LogP) is 6.43. The monoisotopic (exact) mass is 494 g/mol. The summed E-state index contributed by atoms with van der Waals surface area (Å²) in [6, 6.07) is 20.0. The van der Waals surface area contributed by atoms with E-state index in [1.165, 1.54) is 6.08 Å². The number of anilines is 1. The molecule has 3 aromatic carbocycles. The smallest absolute Gasteiger partial charge is 0.161 e. The number of aliphatic hydroxyl groups excluding tert-OH is 1. The summed E-state index contributed by atoms with van der Waals surface area (Å²) < 4.78 is 16.1. The van der Waals surface area contributed by atoms with Crippen LogP contribution in [0.15, 0.2) is 66.5 Å². The van der Waals surface area contributed by atoms with Crippen LogP contribution in [-0.2, 0) is 6.42 Å². The summed E-state index contributed by atoms with van der Waals surface area (Å²) in [7, 11) is 0. The first-order valence-corrected chi connectivity index (χ1v) is 12.5. The third-order valence-electron chi connectivity index (χ3n) is 6.90. The number of Topliss-reactive ketones (excluding diaryl/α,β-unsaturated/α-hetero) is 1. The molecule has 0 radical (unpaired) electrons. The second kappa shape index (κ2) is 9.01. The highest BCUT2D eigenvalue weighted by molar-refractivity contribution is 6.15. The van der Waals surface area contributed by atoms with Gasteiger partial charge in [-0.15, -0.1) is 0 Å². The van der Waals surface area contributed by atoms with E-state index in [9.17, 15) is 14.3 Å². The SMILES string of the molecule is CC(=O)c1ccc(-n2c3ccccc3c3c(-c4nc5c([nH]4)CCC(F)=C5)cccc32)cc1NCC(C)O. The van der Waals surface area contributed by atoms with Crippen LogP contribution in [0.3, 0.4) is 0 Å². The number of aliphatic hydroxyl groups is 1. The maximum atomic E-state index is 13.9. The van der Waals surface area contributed by atoms with Gasteiger partial charge >= 0.3 is 0 Å². The minimum absolute atomic E-state index is 0.0450. The zero-order chi connectivity index (χ0) is 25.7. The number of carbonyl (C=O) groups excluding carboxylic acids is 1. The number of aromatic amines is 1. The summed E-state index contributed by atoms with van der Waals surface area (Å²) in [6.45, 7) is 3.58. The average Bonchev–Trinajstić information content (AvgIpc) is 3.46. The van der Waals surface area contributed by atoms with Gasteiger partial charge in [-0.25, -0.2) is 9.37 Å². The van der Waals surface area contributed by atoms with Gasteiger partial charge in [-0.1, -0.05) is 30.3 Å². The maximum absolute atomic E-state index is 13.9. The van der Waals surface area contributed by atoms with E-state index in [1.54, 1.807) is 13.8 Å². The Hall–Kier alpha value is -4.23. The van der Waals surface area contributed by atoms with Crippen LogP contribution >= 0.6 is 0 Å². The number of H-pyrrole nitrogens is 1. The number of nitrogens with one attached hydrogen (secondary N) is 2. The number of imidazole rings is 1. The molecule has 0 saturated carbocycles. The lowest BCUT2D eigenvalue weighted by molar-refractivity contribution is 0.101. The van der Waals surface area contributed by atoms with Gasteiger partial charge in [0.15, 0.2) is 5.78 Å². The number of aromatic nitrogens is 3. The van der Waals surface area contributed by atoms with E-state index in [-0.39, 0.29) is 11.6 Å². The lowest BCUT2D eigenvalue weighted by Gasteiger charge is -2.15. The van der Waals surface area contributed by atoms with Crippen LogP contribution in [0.4, 0.5) is 10.1 Å². The number of hydrogen-bond acceptors (Lipinski definition) is 4. The van der Waals surface area contributed by atoms with Crippen molar-refractivity contribution in [3.05, 3.63) is 83.4 Å². The van der Waals surface area contributed by atoms with Crippen LogP contribution in [0.1, 0.15) is 42.0 Å². The summed E-state index contributed by atoms with van der Waals surface area (Å²) in [5.41, 5.74) is 6.72. The number of ketones is 1. The van der Waals surface area contributed by atoms with Gasteiger partial charge in [-0.2, -0.15) is 0 Å². The molecule has 1 aliphatic rings. The molecule has 186 valence electrons.